The van der Waals surface area contributed by atoms with Crippen molar-refractivity contribution in [1.82, 2.24) is 4.98 Å². The minimum atomic E-state index is -1.33. The summed E-state index contributed by atoms with van der Waals surface area (Å²) < 4.78 is 4.67. The third kappa shape index (κ3) is 1.49. The summed E-state index contributed by atoms with van der Waals surface area (Å²) in [5, 5.41) is 8.33. The SMILES string of the molecule is Nc1nc(Cl)c(C(N)C(=O)O)o1. The van der Waals surface area contributed by atoms with Crippen LogP contribution in [0.1, 0.15) is 11.8 Å². The molecule has 0 aliphatic carbocycles. The predicted molar refractivity (Wildman–Crippen MR) is 40.5 cm³/mol. The zero-order chi connectivity index (χ0) is 9.30. The van der Waals surface area contributed by atoms with E-state index in [9.17, 15) is 4.79 Å². The predicted octanol–water partition coefficient (Wildman–Crippen LogP) is -0.00540. The van der Waals surface area contributed by atoms with Crippen LogP contribution in [0.5, 0.6) is 0 Å². The Hall–Kier alpha value is -1.27. The van der Waals surface area contributed by atoms with Crippen molar-refractivity contribution in [2.24, 2.45) is 5.73 Å². The molecular formula is C5H6ClN3O3. The topological polar surface area (TPSA) is 115 Å². The lowest BCUT2D eigenvalue weighted by atomic mass is 10.3. The lowest BCUT2D eigenvalue weighted by Gasteiger charge is -2.00. The van der Waals surface area contributed by atoms with Crippen molar-refractivity contribution in [2.75, 3.05) is 5.73 Å². The van der Waals surface area contributed by atoms with E-state index in [0.717, 1.165) is 0 Å². The first-order chi connectivity index (χ1) is 5.52. The number of oxazole rings is 1. The second-order valence-corrected chi connectivity index (χ2v) is 2.38. The number of halogens is 1. The van der Waals surface area contributed by atoms with Crippen molar-refractivity contribution >= 4 is 23.6 Å². The van der Waals surface area contributed by atoms with Crippen molar-refractivity contribution in [2.45, 2.75) is 6.04 Å². The standard InChI is InChI=1S/C5H6ClN3O3/c6-3-2(1(7)4(10)11)12-5(8)9-3/h1H,7H2,(H2,8,9)(H,10,11). The number of hydrogen-bond donors (Lipinski definition) is 3. The normalized spacial score (nSPS) is 12.8. The number of carboxylic acids is 1. The highest BCUT2D eigenvalue weighted by Crippen LogP contribution is 2.23. The van der Waals surface area contributed by atoms with E-state index < -0.39 is 12.0 Å². The largest absolute Gasteiger partial charge is 0.480 e. The van der Waals surface area contributed by atoms with Gasteiger partial charge in [0, 0.05) is 0 Å². The van der Waals surface area contributed by atoms with E-state index in [1.807, 2.05) is 0 Å². The van der Waals surface area contributed by atoms with Crippen LogP contribution >= 0.6 is 11.6 Å². The molecule has 0 fully saturated rings. The van der Waals surface area contributed by atoms with Gasteiger partial charge in [-0.25, -0.2) is 0 Å². The van der Waals surface area contributed by atoms with E-state index >= 15 is 0 Å². The third-order valence-corrected chi connectivity index (χ3v) is 1.45. The van der Waals surface area contributed by atoms with Crippen LogP contribution in [0.2, 0.25) is 5.15 Å². The van der Waals surface area contributed by atoms with E-state index in [0.29, 0.717) is 0 Å². The second kappa shape index (κ2) is 3.00. The zero-order valence-electron chi connectivity index (χ0n) is 5.82. The molecule has 0 aromatic carbocycles. The lowest BCUT2D eigenvalue weighted by molar-refractivity contribution is -0.139. The Morgan fingerprint density at radius 2 is 2.33 bits per heavy atom. The average molecular weight is 192 g/mol. The Kier molecular flexibility index (Phi) is 2.20. The Morgan fingerprint density at radius 1 is 1.75 bits per heavy atom. The minimum absolute atomic E-state index is 0.123. The monoisotopic (exact) mass is 191 g/mol. The van der Waals surface area contributed by atoms with E-state index in [1.165, 1.54) is 0 Å². The third-order valence-electron chi connectivity index (χ3n) is 1.17. The van der Waals surface area contributed by atoms with Gasteiger partial charge in [-0.05, 0) is 0 Å². The molecule has 1 unspecified atom stereocenters. The molecular weight excluding hydrogens is 186 g/mol. The van der Waals surface area contributed by atoms with Crippen LogP contribution in [-0.4, -0.2) is 16.1 Å². The van der Waals surface area contributed by atoms with Crippen LogP contribution < -0.4 is 11.5 Å². The molecule has 0 aliphatic rings. The number of carboxylic acid groups (broad SMARTS) is 1. The maximum absolute atomic E-state index is 10.3. The van der Waals surface area contributed by atoms with Gasteiger partial charge < -0.3 is 21.0 Å². The lowest BCUT2D eigenvalue weighted by Crippen LogP contribution is -2.20. The first kappa shape index (κ1) is 8.82. The smallest absolute Gasteiger partial charge is 0.328 e. The molecule has 1 heterocycles. The van der Waals surface area contributed by atoms with Gasteiger partial charge in [0.05, 0.1) is 0 Å². The Morgan fingerprint density at radius 3 is 2.67 bits per heavy atom. The summed E-state index contributed by atoms with van der Waals surface area (Å²) in [6, 6.07) is -1.53. The highest BCUT2D eigenvalue weighted by molar-refractivity contribution is 6.30. The molecule has 66 valence electrons. The van der Waals surface area contributed by atoms with E-state index in [-0.39, 0.29) is 16.9 Å². The maximum Gasteiger partial charge on any atom is 0.328 e. The number of rotatable bonds is 2. The molecule has 1 aromatic rings. The first-order valence-corrected chi connectivity index (χ1v) is 3.30. The molecule has 0 spiro atoms. The Balaban J connectivity index is 3.02. The number of hydrogen-bond acceptors (Lipinski definition) is 5. The van der Waals surface area contributed by atoms with Crippen LogP contribution in [0.4, 0.5) is 6.01 Å². The number of anilines is 1. The Bertz CT molecular complexity index is 311. The molecule has 0 aliphatic heterocycles. The quantitative estimate of drug-likeness (QED) is 0.606. The zero-order valence-corrected chi connectivity index (χ0v) is 6.58. The van der Waals surface area contributed by atoms with E-state index in [2.05, 4.69) is 9.40 Å². The van der Waals surface area contributed by atoms with Gasteiger partial charge in [-0.1, -0.05) is 11.6 Å². The maximum atomic E-state index is 10.3. The molecule has 1 atom stereocenters. The summed E-state index contributed by atoms with van der Waals surface area (Å²) in [5.41, 5.74) is 10.3. The molecule has 0 radical (unpaired) electrons. The number of nitrogen functional groups attached to an aromatic ring is 1. The molecule has 6 nitrogen and oxygen atoms in total. The molecule has 0 amide bonds. The van der Waals surface area contributed by atoms with Gasteiger partial charge in [0.2, 0.25) is 0 Å². The molecule has 1 aromatic heterocycles. The number of nitrogens with zero attached hydrogens (tertiary/aromatic N) is 1. The molecule has 0 saturated heterocycles. The van der Waals surface area contributed by atoms with Gasteiger partial charge in [-0.2, -0.15) is 4.98 Å². The average Bonchev–Trinajstić information content (AvgIpc) is 2.28. The van der Waals surface area contributed by atoms with Gasteiger partial charge in [0.25, 0.3) is 6.01 Å². The number of nitrogens with two attached hydrogens (primary N) is 2. The Labute approximate surface area is 72.1 Å². The van der Waals surface area contributed by atoms with Gasteiger partial charge in [-0.3, -0.25) is 4.79 Å². The summed E-state index contributed by atoms with van der Waals surface area (Å²) in [6.45, 7) is 0. The summed E-state index contributed by atoms with van der Waals surface area (Å²) in [6.07, 6.45) is 0. The highest BCUT2D eigenvalue weighted by Gasteiger charge is 2.23. The van der Waals surface area contributed by atoms with Gasteiger partial charge in [0.1, 0.15) is 0 Å². The molecule has 0 bridgehead atoms. The highest BCUT2D eigenvalue weighted by atomic mass is 35.5. The first-order valence-electron chi connectivity index (χ1n) is 2.92. The molecule has 0 saturated carbocycles. The van der Waals surface area contributed by atoms with Crippen LogP contribution in [0.25, 0.3) is 0 Å². The fourth-order valence-corrected chi connectivity index (χ4v) is 0.873. The van der Waals surface area contributed by atoms with Gasteiger partial charge >= 0.3 is 5.97 Å². The van der Waals surface area contributed by atoms with Crippen molar-refractivity contribution in [3.8, 4) is 0 Å². The van der Waals surface area contributed by atoms with Crippen molar-refractivity contribution in [3.05, 3.63) is 10.9 Å². The summed E-state index contributed by atoms with van der Waals surface area (Å²) >= 11 is 5.46. The molecule has 1 rings (SSSR count). The minimum Gasteiger partial charge on any atom is -0.480 e. The molecule has 7 heteroatoms. The summed E-state index contributed by atoms with van der Waals surface area (Å²) in [5.74, 6) is -1.39. The second-order valence-electron chi connectivity index (χ2n) is 2.02. The van der Waals surface area contributed by atoms with Gasteiger partial charge in [0.15, 0.2) is 17.0 Å². The van der Waals surface area contributed by atoms with Crippen LogP contribution in [-0.2, 0) is 4.79 Å². The van der Waals surface area contributed by atoms with Crippen LogP contribution in [0.15, 0.2) is 4.42 Å². The van der Waals surface area contributed by atoms with Crippen LogP contribution in [0, 0.1) is 0 Å². The summed E-state index contributed by atoms with van der Waals surface area (Å²) in [7, 11) is 0. The van der Waals surface area contributed by atoms with Crippen molar-refractivity contribution in [1.29, 1.82) is 0 Å². The van der Waals surface area contributed by atoms with Crippen molar-refractivity contribution < 1.29 is 14.3 Å². The van der Waals surface area contributed by atoms with Crippen molar-refractivity contribution in [3.63, 3.8) is 0 Å². The van der Waals surface area contributed by atoms with E-state index in [1.54, 1.807) is 0 Å². The van der Waals surface area contributed by atoms with Crippen LogP contribution in [0.3, 0.4) is 0 Å². The summed E-state index contributed by atoms with van der Waals surface area (Å²) in [4.78, 5) is 13.8. The van der Waals surface area contributed by atoms with Gasteiger partial charge in [-0.15, -0.1) is 0 Å². The van der Waals surface area contributed by atoms with E-state index in [4.69, 9.17) is 28.2 Å². The number of aromatic nitrogens is 1. The number of carbonyl (C=O) groups is 1. The fraction of sp³-hybridized carbons (Fsp3) is 0.200. The molecule has 12 heavy (non-hydrogen) atoms. The fourth-order valence-electron chi connectivity index (χ4n) is 0.633. The molecule has 5 N–H and O–H groups in total. The number of aliphatic carboxylic acids is 1.